The quantitative estimate of drug-likeness (QED) is 0.402. The van der Waals surface area contributed by atoms with Crippen molar-refractivity contribution in [3.05, 3.63) is 52.7 Å². The van der Waals surface area contributed by atoms with Gasteiger partial charge in [-0.25, -0.2) is 4.98 Å². The summed E-state index contributed by atoms with van der Waals surface area (Å²) < 4.78 is 5.79. The molecule has 1 N–H and O–H groups in total. The molecule has 1 heterocycles. The minimum atomic E-state index is -0.0434. The van der Waals surface area contributed by atoms with Crippen LogP contribution in [-0.2, 0) is 18.5 Å². The van der Waals surface area contributed by atoms with Crippen LogP contribution in [0.1, 0.15) is 38.0 Å². The SMILES string of the molecule is CN=C(NCc1ncc(C(C)(C)C)o1)N(C)Cc1ccc(Cl)cc1.I. The van der Waals surface area contributed by atoms with Crippen LogP contribution in [0.25, 0.3) is 0 Å². The first-order valence-electron chi connectivity index (χ1n) is 7.91. The molecular formula is C18H26ClIN4O. The number of nitrogens with one attached hydrogen (secondary N) is 1. The summed E-state index contributed by atoms with van der Waals surface area (Å²) in [5, 5.41) is 4.01. The molecule has 0 saturated carbocycles. The van der Waals surface area contributed by atoms with Gasteiger partial charge in [-0.2, -0.15) is 0 Å². The Labute approximate surface area is 171 Å². The average Bonchev–Trinajstić information content (AvgIpc) is 2.99. The summed E-state index contributed by atoms with van der Waals surface area (Å²) >= 11 is 5.92. The van der Waals surface area contributed by atoms with Crippen molar-refractivity contribution in [2.24, 2.45) is 4.99 Å². The number of aromatic nitrogens is 1. The number of halogens is 2. The largest absolute Gasteiger partial charge is 0.443 e. The second kappa shape index (κ2) is 9.43. The molecule has 5 nitrogen and oxygen atoms in total. The summed E-state index contributed by atoms with van der Waals surface area (Å²) in [6.07, 6.45) is 1.79. The maximum absolute atomic E-state index is 5.92. The van der Waals surface area contributed by atoms with Crippen LogP contribution in [0.5, 0.6) is 0 Å². The number of hydrogen-bond acceptors (Lipinski definition) is 3. The van der Waals surface area contributed by atoms with E-state index in [0.29, 0.717) is 12.4 Å². The summed E-state index contributed by atoms with van der Waals surface area (Å²) in [6.45, 7) is 7.53. The van der Waals surface area contributed by atoms with Crippen LogP contribution in [0.2, 0.25) is 5.02 Å². The summed E-state index contributed by atoms with van der Waals surface area (Å²) in [6, 6.07) is 7.80. The fraction of sp³-hybridized carbons (Fsp3) is 0.444. The van der Waals surface area contributed by atoms with E-state index in [4.69, 9.17) is 16.0 Å². The highest BCUT2D eigenvalue weighted by Gasteiger charge is 2.19. The molecule has 1 aromatic carbocycles. The molecule has 0 spiro atoms. The lowest BCUT2D eigenvalue weighted by molar-refractivity contribution is 0.376. The number of aliphatic imine (C=N–C) groups is 1. The van der Waals surface area contributed by atoms with Crippen molar-refractivity contribution >= 4 is 41.5 Å². The number of rotatable bonds is 4. The van der Waals surface area contributed by atoms with Crippen molar-refractivity contribution in [3.8, 4) is 0 Å². The monoisotopic (exact) mass is 476 g/mol. The van der Waals surface area contributed by atoms with Crippen molar-refractivity contribution in [2.75, 3.05) is 14.1 Å². The van der Waals surface area contributed by atoms with E-state index in [1.807, 2.05) is 36.2 Å². The Hall–Kier alpha value is -1.28. The van der Waals surface area contributed by atoms with Crippen LogP contribution in [0.15, 0.2) is 39.9 Å². The van der Waals surface area contributed by atoms with Crippen molar-refractivity contribution in [1.82, 2.24) is 15.2 Å². The maximum atomic E-state index is 5.92. The van der Waals surface area contributed by atoms with Gasteiger partial charge in [0.25, 0.3) is 0 Å². The zero-order chi connectivity index (χ0) is 17.7. The molecule has 0 radical (unpaired) electrons. The van der Waals surface area contributed by atoms with Crippen molar-refractivity contribution < 1.29 is 4.42 Å². The first-order valence-corrected chi connectivity index (χ1v) is 8.29. The predicted octanol–water partition coefficient (Wildman–Crippen LogP) is 4.45. The van der Waals surface area contributed by atoms with Gasteiger partial charge in [0.15, 0.2) is 5.96 Å². The third-order valence-corrected chi connectivity index (χ3v) is 3.85. The molecule has 0 aliphatic rings. The second-order valence-corrected chi connectivity index (χ2v) is 7.19. The molecular weight excluding hydrogens is 451 g/mol. The van der Waals surface area contributed by atoms with Gasteiger partial charge in [0.05, 0.1) is 12.7 Å². The molecule has 7 heteroatoms. The minimum Gasteiger partial charge on any atom is -0.443 e. The standard InChI is InChI=1S/C18H25ClN4O.HI/c1-18(2,3)15-10-21-16(24-15)11-22-17(20-4)23(5)12-13-6-8-14(19)9-7-13;/h6-10H,11-12H2,1-5H3,(H,20,22);1H. The van der Waals surface area contributed by atoms with Gasteiger partial charge in [-0.15, -0.1) is 24.0 Å². The van der Waals surface area contributed by atoms with E-state index in [9.17, 15) is 0 Å². The average molecular weight is 477 g/mol. The van der Waals surface area contributed by atoms with Crippen LogP contribution in [0.3, 0.4) is 0 Å². The summed E-state index contributed by atoms with van der Waals surface area (Å²) in [4.78, 5) is 10.7. The number of oxazole rings is 1. The molecule has 2 aromatic rings. The van der Waals surface area contributed by atoms with Crippen molar-refractivity contribution in [2.45, 2.75) is 39.3 Å². The molecule has 0 fully saturated rings. The van der Waals surface area contributed by atoms with Crippen LogP contribution < -0.4 is 5.32 Å². The smallest absolute Gasteiger partial charge is 0.213 e. The Morgan fingerprint density at radius 3 is 2.44 bits per heavy atom. The van der Waals surface area contributed by atoms with Gasteiger partial charge in [0, 0.05) is 31.1 Å². The lowest BCUT2D eigenvalue weighted by atomic mass is 9.94. The Kier molecular flexibility index (Phi) is 8.21. The topological polar surface area (TPSA) is 53.7 Å². The van der Waals surface area contributed by atoms with Gasteiger partial charge < -0.3 is 14.6 Å². The van der Waals surface area contributed by atoms with Crippen LogP contribution in [0, 0.1) is 0 Å². The number of guanidine groups is 1. The van der Waals surface area contributed by atoms with E-state index >= 15 is 0 Å². The highest BCUT2D eigenvalue weighted by atomic mass is 127. The Balaban J connectivity index is 0.00000312. The zero-order valence-corrected chi connectivity index (χ0v) is 18.4. The van der Waals surface area contributed by atoms with Gasteiger partial charge >= 0.3 is 0 Å². The molecule has 0 aliphatic heterocycles. The van der Waals surface area contributed by atoms with E-state index in [2.05, 4.69) is 36.1 Å². The molecule has 0 unspecified atom stereocenters. The third-order valence-electron chi connectivity index (χ3n) is 3.60. The van der Waals surface area contributed by atoms with Crippen LogP contribution >= 0.6 is 35.6 Å². The zero-order valence-electron chi connectivity index (χ0n) is 15.3. The fourth-order valence-corrected chi connectivity index (χ4v) is 2.34. The summed E-state index contributed by atoms with van der Waals surface area (Å²) in [5.41, 5.74) is 1.12. The van der Waals surface area contributed by atoms with E-state index in [1.54, 1.807) is 13.2 Å². The molecule has 0 saturated heterocycles. The second-order valence-electron chi connectivity index (χ2n) is 6.75. The van der Waals surface area contributed by atoms with Gasteiger partial charge in [-0.05, 0) is 17.7 Å². The van der Waals surface area contributed by atoms with E-state index in [1.165, 1.54) is 0 Å². The minimum absolute atomic E-state index is 0. The lowest BCUT2D eigenvalue weighted by Gasteiger charge is -2.21. The Morgan fingerprint density at radius 1 is 1.28 bits per heavy atom. The van der Waals surface area contributed by atoms with Gasteiger partial charge in [-0.3, -0.25) is 4.99 Å². The predicted molar refractivity (Wildman–Crippen MR) is 114 cm³/mol. The molecule has 138 valence electrons. The molecule has 1 aromatic heterocycles. The molecule has 0 aliphatic carbocycles. The van der Waals surface area contributed by atoms with Crippen LogP contribution in [-0.4, -0.2) is 29.9 Å². The summed E-state index contributed by atoms with van der Waals surface area (Å²) in [7, 11) is 3.75. The lowest BCUT2D eigenvalue weighted by Crippen LogP contribution is -2.38. The molecule has 0 bridgehead atoms. The number of hydrogen-bond donors (Lipinski definition) is 1. The van der Waals surface area contributed by atoms with Crippen molar-refractivity contribution in [1.29, 1.82) is 0 Å². The third kappa shape index (κ3) is 6.51. The van der Waals surface area contributed by atoms with E-state index < -0.39 is 0 Å². The molecule has 2 rings (SSSR count). The summed E-state index contributed by atoms with van der Waals surface area (Å²) in [5.74, 6) is 2.31. The van der Waals surface area contributed by atoms with Crippen LogP contribution in [0.4, 0.5) is 0 Å². The number of benzene rings is 1. The molecule has 0 amide bonds. The fourth-order valence-electron chi connectivity index (χ4n) is 2.22. The highest BCUT2D eigenvalue weighted by molar-refractivity contribution is 14.0. The normalized spacial score (nSPS) is 11.8. The van der Waals surface area contributed by atoms with E-state index in [0.717, 1.165) is 28.9 Å². The highest BCUT2D eigenvalue weighted by Crippen LogP contribution is 2.22. The maximum Gasteiger partial charge on any atom is 0.213 e. The van der Waals surface area contributed by atoms with Crippen molar-refractivity contribution in [3.63, 3.8) is 0 Å². The first kappa shape index (κ1) is 21.8. The van der Waals surface area contributed by atoms with Gasteiger partial charge in [-0.1, -0.05) is 44.5 Å². The van der Waals surface area contributed by atoms with E-state index in [-0.39, 0.29) is 29.4 Å². The van der Waals surface area contributed by atoms with Gasteiger partial charge in [0.1, 0.15) is 5.76 Å². The molecule has 25 heavy (non-hydrogen) atoms. The Bertz CT molecular complexity index is 692. The number of nitrogens with zero attached hydrogens (tertiary/aromatic N) is 3. The van der Waals surface area contributed by atoms with Gasteiger partial charge in [0.2, 0.25) is 5.89 Å². The molecule has 0 atom stereocenters. The first-order chi connectivity index (χ1) is 11.3. The Morgan fingerprint density at radius 2 is 1.92 bits per heavy atom.